The quantitative estimate of drug-likeness (QED) is 0.778. The first-order valence-corrected chi connectivity index (χ1v) is 5.26. The Morgan fingerprint density at radius 2 is 2.18 bits per heavy atom. The second kappa shape index (κ2) is 4.60. The maximum Gasteiger partial charge on any atom is 0.293 e. The lowest BCUT2D eigenvalue weighted by molar-refractivity contribution is 0.101. The van der Waals surface area contributed by atoms with Crippen molar-refractivity contribution in [2.24, 2.45) is 0 Å². The molecule has 6 nitrogen and oxygen atoms in total. The summed E-state index contributed by atoms with van der Waals surface area (Å²) in [6.07, 6.45) is 0. The summed E-state index contributed by atoms with van der Waals surface area (Å²) in [4.78, 5) is 15.4. The Kier molecular flexibility index (Phi) is 3.16. The molecule has 2 aromatic rings. The van der Waals surface area contributed by atoms with Crippen molar-refractivity contribution in [3.8, 4) is 0 Å². The Labute approximate surface area is 106 Å². The Hall–Kier alpha value is -1.79. The molecule has 17 heavy (non-hydrogen) atoms. The monoisotopic (exact) mass is 271 g/mol. The second-order valence-corrected chi connectivity index (χ2v) is 3.96. The fourth-order valence-electron chi connectivity index (χ4n) is 1.15. The van der Waals surface area contributed by atoms with Crippen LogP contribution in [-0.4, -0.2) is 21.1 Å². The number of benzene rings is 1. The molecule has 0 bridgehead atoms. The molecule has 1 amide bonds. The molecular formula is C9H7Cl2N5O. The highest BCUT2D eigenvalue weighted by atomic mass is 35.5. The van der Waals surface area contributed by atoms with E-state index in [0.29, 0.717) is 15.7 Å². The Morgan fingerprint density at radius 1 is 1.41 bits per heavy atom. The fraction of sp³-hybridized carbons (Fsp3) is 0. The Morgan fingerprint density at radius 3 is 2.76 bits per heavy atom. The van der Waals surface area contributed by atoms with Gasteiger partial charge >= 0.3 is 0 Å². The molecule has 0 atom stereocenters. The van der Waals surface area contributed by atoms with Crippen molar-refractivity contribution in [3.63, 3.8) is 0 Å². The fourth-order valence-corrected chi connectivity index (χ4v) is 1.60. The molecular weight excluding hydrogens is 265 g/mol. The minimum atomic E-state index is -0.488. The number of amides is 1. The summed E-state index contributed by atoms with van der Waals surface area (Å²) in [7, 11) is 0. The number of anilines is 2. The number of rotatable bonds is 2. The number of aromatic nitrogens is 3. The van der Waals surface area contributed by atoms with Crippen LogP contribution in [0.3, 0.4) is 0 Å². The van der Waals surface area contributed by atoms with Crippen LogP contribution in [0.2, 0.25) is 10.0 Å². The number of halogens is 2. The first-order chi connectivity index (χ1) is 8.06. The number of nitrogens with zero attached hydrogens (tertiary/aromatic N) is 2. The average molecular weight is 272 g/mol. The van der Waals surface area contributed by atoms with E-state index in [1.165, 1.54) is 6.07 Å². The van der Waals surface area contributed by atoms with Gasteiger partial charge in [-0.15, -0.1) is 5.10 Å². The van der Waals surface area contributed by atoms with E-state index in [-0.39, 0.29) is 11.8 Å². The van der Waals surface area contributed by atoms with Crippen molar-refractivity contribution in [2.45, 2.75) is 0 Å². The molecule has 88 valence electrons. The van der Waals surface area contributed by atoms with Crippen LogP contribution in [0.15, 0.2) is 18.2 Å². The average Bonchev–Trinajstić information content (AvgIpc) is 2.69. The molecule has 0 saturated carbocycles. The summed E-state index contributed by atoms with van der Waals surface area (Å²) in [5.74, 6) is -0.482. The Balaban J connectivity index is 2.18. The maximum atomic E-state index is 11.7. The summed E-state index contributed by atoms with van der Waals surface area (Å²) < 4.78 is 0. The highest BCUT2D eigenvalue weighted by Crippen LogP contribution is 2.25. The third-order valence-corrected chi connectivity index (χ3v) is 2.44. The lowest BCUT2D eigenvalue weighted by Gasteiger charge is -2.05. The van der Waals surface area contributed by atoms with Crippen molar-refractivity contribution in [2.75, 3.05) is 11.1 Å². The molecule has 0 aliphatic heterocycles. The summed E-state index contributed by atoms with van der Waals surface area (Å²) in [5, 5.41) is 9.29. The van der Waals surface area contributed by atoms with Crippen LogP contribution in [0.4, 0.5) is 11.6 Å². The summed E-state index contributed by atoms with van der Waals surface area (Å²) in [5.41, 5.74) is 5.71. The zero-order valence-electron chi connectivity index (χ0n) is 8.37. The molecule has 0 fully saturated rings. The normalized spacial score (nSPS) is 10.2. The lowest BCUT2D eigenvalue weighted by atomic mass is 10.3. The predicted molar refractivity (Wildman–Crippen MR) is 65.2 cm³/mol. The van der Waals surface area contributed by atoms with Gasteiger partial charge in [-0.25, -0.2) is 0 Å². The van der Waals surface area contributed by atoms with Crippen LogP contribution in [0.5, 0.6) is 0 Å². The van der Waals surface area contributed by atoms with E-state index >= 15 is 0 Å². The minimum Gasteiger partial charge on any atom is -0.366 e. The zero-order chi connectivity index (χ0) is 12.4. The SMILES string of the molecule is Nc1n[nH]c(C(=O)Nc2ccc(Cl)cc2Cl)n1. The van der Waals surface area contributed by atoms with Crippen LogP contribution in [0.1, 0.15) is 10.6 Å². The summed E-state index contributed by atoms with van der Waals surface area (Å²) >= 11 is 11.6. The van der Waals surface area contributed by atoms with Gasteiger partial charge in [-0.05, 0) is 18.2 Å². The van der Waals surface area contributed by atoms with Gasteiger partial charge in [-0.2, -0.15) is 4.98 Å². The van der Waals surface area contributed by atoms with Crippen LogP contribution in [0.25, 0.3) is 0 Å². The Bertz CT molecular complexity index is 568. The number of nitrogen functional groups attached to an aromatic ring is 1. The van der Waals surface area contributed by atoms with Crippen LogP contribution < -0.4 is 11.1 Å². The van der Waals surface area contributed by atoms with Crippen LogP contribution in [0, 0.1) is 0 Å². The topological polar surface area (TPSA) is 96.7 Å². The highest BCUT2D eigenvalue weighted by Gasteiger charge is 2.12. The lowest BCUT2D eigenvalue weighted by Crippen LogP contribution is -2.14. The molecule has 0 spiro atoms. The standard InChI is InChI=1S/C9H7Cl2N5O/c10-4-1-2-6(5(11)3-4)13-8(17)7-14-9(12)16-15-7/h1-3H,(H,13,17)(H3,12,14,15,16). The number of hydrogen-bond donors (Lipinski definition) is 3. The number of hydrogen-bond acceptors (Lipinski definition) is 4. The van der Waals surface area contributed by atoms with Gasteiger partial charge in [0.1, 0.15) is 0 Å². The number of aromatic amines is 1. The van der Waals surface area contributed by atoms with Crippen molar-refractivity contribution in [1.29, 1.82) is 0 Å². The number of carbonyl (C=O) groups is 1. The molecule has 0 saturated heterocycles. The first-order valence-electron chi connectivity index (χ1n) is 4.50. The second-order valence-electron chi connectivity index (χ2n) is 3.12. The van der Waals surface area contributed by atoms with Gasteiger partial charge in [0.25, 0.3) is 5.91 Å². The van der Waals surface area contributed by atoms with E-state index in [4.69, 9.17) is 28.9 Å². The third kappa shape index (κ3) is 2.66. The molecule has 1 aromatic carbocycles. The van der Waals surface area contributed by atoms with Crippen molar-refractivity contribution in [1.82, 2.24) is 15.2 Å². The van der Waals surface area contributed by atoms with Gasteiger partial charge in [0, 0.05) is 5.02 Å². The van der Waals surface area contributed by atoms with Crippen molar-refractivity contribution >= 4 is 40.7 Å². The minimum absolute atomic E-state index is 0.00245. The van der Waals surface area contributed by atoms with Gasteiger partial charge in [0.15, 0.2) is 0 Å². The molecule has 0 unspecified atom stereocenters. The molecule has 1 heterocycles. The van der Waals surface area contributed by atoms with Gasteiger partial charge in [-0.3, -0.25) is 9.89 Å². The number of carbonyl (C=O) groups excluding carboxylic acids is 1. The van der Waals surface area contributed by atoms with E-state index in [9.17, 15) is 4.79 Å². The third-order valence-electron chi connectivity index (χ3n) is 1.90. The maximum absolute atomic E-state index is 11.7. The molecule has 0 aliphatic rings. The molecule has 2 rings (SSSR count). The molecule has 4 N–H and O–H groups in total. The van der Waals surface area contributed by atoms with E-state index in [1.807, 2.05) is 0 Å². The van der Waals surface area contributed by atoms with Crippen molar-refractivity contribution in [3.05, 3.63) is 34.1 Å². The van der Waals surface area contributed by atoms with Crippen molar-refractivity contribution < 1.29 is 4.79 Å². The number of nitrogens with two attached hydrogens (primary N) is 1. The van der Waals surface area contributed by atoms with E-state index in [1.54, 1.807) is 12.1 Å². The largest absolute Gasteiger partial charge is 0.366 e. The number of nitrogens with one attached hydrogen (secondary N) is 2. The summed E-state index contributed by atoms with van der Waals surface area (Å²) in [6, 6.07) is 4.72. The zero-order valence-corrected chi connectivity index (χ0v) is 9.88. The molecule has 8 heteroatoms. The van der Waals surface area contributed by atoms with Gasteiger partial charge in [0.05, 0.1) is 10.7 Å². The van der Waals surface area contributed by atoms with E-state index in [0.717, 1.165) is 0 Å². The van der Waals surface area contributed by atoms with Gasteiger partial charge in [0.2, 0.25) is 11.8 Å². The smallest absolute Gasteiger partial charge is 0.293 e. The van der Waals surface area contributed by atoms with Crippen LogP contribution in [-0.2, 0) is 0 Å². The molecule has 1 aromatic heterocycles. The van der Waals surface area contributed by atoms with E-state index < -0.39 is 5.91 Å². The molecule has 0 aliphatic carbocycles. The van der Waals surface area contributed by atoms with Gasteiger partial charge < -0.3 is 11.1 Å². The van der Waals surface area contributed by atoms with Gasteiger partial charge in [-0.1, -0.05) is 23.2 Å². The van der Waals surface area contributed by atoms with E-state index in [2.05, 4.69) is 20.5 Å². The highest BCUT2D eigenvalue weighted by molar-refractivity contribution is 6.36. The summed E-state index contributed by atoms with van der Waals surface area (Å²) in [6.45, 7) is 0. The van der Waals surface area contributed by atoms with Crippen LogP contribution >= 0.6 is 23.2 Å². The molecule has 0 radical (unpaired) electrons. The first kappa shape index (κ1) is 11.7. The predicted octanol–water partition coefficient (Wildman–Crippen LogP) is 1.95. The number of H-pyrrole nitrogens is 1.